The Morgan fingerprint density at radius 2 is 1.88 bits per heavy atom. The van der Waals surface area contributed by atoms with E-state index in [2.05, 4.69) is 15.5 Å². The second-order valence-corrected chi connectivity index (χ2v) is 10.6. The van der Waals surface area contributed by atoms with Crippen LogP contribution in [0.2, 0.25) is 5.02 Å². The first-order valence-corrected chi connectivity index (χ1v) is 13.4. The predicted octanol–water partition coefficient (Wildman–Crippen LogP) is 6.90. The van der Waals surface area contributed by atoms with Crippen LogP contribution < -0.4 is 10.2 Å². The molecule has 0 unspecified atom stereocenters. The molecule has 0 spiro atoms. The highest BCUT2D eigenvalue weighted by molar-refractivity contribution is 6.30. The maximum atomic E-state index is 13.5. The van der Waals surface area contributed by atoms with Crippen molar-refractivity contribution in [2.45, 2.75) is 32.9 Å². The van der Waals surface area contributed by atoms with Crippen molar-refractivity contribution in [1.29, 1.82) is 0 Å². The van der Waals surface area contributed by atoms with Crippen LogP contribution >= 0.6 is 11.6 Å². The van der Waals surface area contributed by atoms with Crippen molar-refractivity contribution in [3.05, 3.63) is 64.9 Å². The molecule has 1 fully saturated rings. The molecule has 1 saturated heterocycles. The van der Waals surface area contributed by atoms with Gasteiger partial charge in [0.05, 0.1) is 5.56 Å². The summed E-state index contributed by atoms with van der Waals surface area (Å²) < 4.78 is 45.9. The maximum absolute atomic E-state index is 13.5. The number of carbonyl (C=O) groups excluding carboxylic acids is 1. The molecule has 0 atom stereocenters. The van der Waals surface area contributed by atoms with E-state index in [1.54, 1.807) is 35.2 Å². The van der Waals surface area contributed by atoms with Crippen molar-refractivity contribution in [2.75, 3.05) is 36.4 Å². The van der Waals surface area contributed by atoms with Crippen molar-refractivity contribution in [1.82, 2.24) is 20.0 Å². The third-order valence-electron chi connectivity index (χ3n) is 6.58. The van der Waals surface area contributed by atoms with E-state index in [-0.39, 0.29) is 28.9 Å². The molecule has 0 saturated carbocycles. The highest BCUT2D eigenvalue weighted by Crippen LogP contribution is 2.37. The molecule has 4 aromatic rings. The Kier molecular flexibility index (Phi) is 7.84. The van der Waals surface area contributed by atoms with Gasteiger partial charge < -0.3 is 19.6 Å². The van der Waals surface area contributed by atoms with Crippen molar-refractivity contribution < 1.29 is 22.5 Å². The van der Waals surface area contributed by atoms with E-state index in [1.165, 1.54) is 6.07 Å². The van der Waals surface area contributed by atoms with Gasteiger partial charge in [-0.25, -0.2) is 9.78 Å². The first kappa shape index (κ1) is 27.7. The fourth-order valence-electron chi connectivity index (χ4n) is 4.71. The van der Waals surface area contributed by atoms with Gasteiger partial charge in [-0.05, 0) is 42.7 Å². The van der Waals surface area contributed by atoms with Gasteiger partial charge in [-0.15, -0.1) is 0 Å². The number of benzene rings is 2. The number of nitrogens with one attached hydrogen (secondary N) is 1. The van der Waals surface area contributed by atoms with Crippen LogP contribution in [0.4, 0.5) is 29.5 Å². The normalized spacial score (nSPS) is 14.6. The van der Waals surface area contributed by atoms with Gasteiger partial charge in [-0.1, -0.05) is 48.8 Å². The standard InChI is InChI=1S/C28H28ClF3N6O2/c1-17(2)14-22-34-25(23-24(36-40-26(23)35-22)18-6-3-7-19(15-18)28(30,31)32)37-10-5-11-38(13-12-37)27(39)33-21-9-4-8-20(29)16-21/h3-4,6-9,15-17H,5,10-14H2,1-2H3,(H,33,39). The van der Waals surface area contributed by atoms with E-state index in [0.29, 0.717) is 66.8 Å². The molecule has 5 rings (SSSR count). The smallest absolute Gasteiger partial charge is 0.354 e. The number of hydrogen-bond donors (Lipinski definition) is 1. The first-order valence-electron chi connectivity index (χ1n) is 13.0. The molecule has 1 aliphatic heterocycles. The summed E-state index contributed by atoms with van der Waals surface area (Å²) in [6.07, 6.45) is -3.26. The number of hydrogen-bond acceptors (Lipinski definition) is 6. The number of carbonyl (C=O) groups is 1. The molecule has 0 aliphatic carbocycles. The number of urea groups is 1. The molecule has 40 heavy (non-hydrogen) atoms. The molecule has 2 aromatic heterocycles. The van der Waals surface area contributed by atoms with Gasteiger partial charge in [-0.2, -0.15) is 18.2 Å². The highest BCUT2D eigenvalue weighted by Gasteiger charge is 2.32. The van der Waals surface area contributed by atoms with Crippen LogP contribution in [0, 0.1) is 5.92 Å². The molecule has 1 N–H and O–H groups in total. The Balaban J connectivity index is 1.47. The predicted molar refractivity (Wildman–Crippen MR) is 147 cm³/mol. The molecule has 1 aliphatic rings. The maximum Gasteiger partial charge on any atom is 0.416 e. The summed E-state index contributed by atoms with van der Waals surface area (Å²) in [5, 5.41) is 7.98. The number of alkyl halides is 3. The second-order valence-electron chi connectivity index (χ2n) is 10.1. The SMILES string of the molecule is CC(C)Cc1nc(N2CCCN(C(=O)Nc3cccc(Cl)c3)CC2)c2c(-c3cccc(C(F)(F)F)c3)noc2n1. The fourth-order valence-corrected chi connectivity index (χ4v) is 4.90. The molecule has 0 radical (unpaired) electrons. The van der Waals surface area contributed by atoms with Gasteiger partial charge in [0.25, 0.3) is 5.71 Å². The van der Waals surface area contributed by atoms with Crippen molar-refractivity contribution in [3.63, 3.8) is 0 Å². The monoisotopic (exact) mass is 572 g/mol. The lowest BCUT2D eigenvalue weighted by atomic mass is 10.1. The highest BCUT2D eigenvalue weighted by atomic mass is 35.5. The molecular weight excluding hydrogens is 545 g/mol. The van der Waals surface area contributed by atoms with Gasteiger partial charge in [0.15, 0.2) is 0 Å². The topological polar surface area (TPSA) is 87.4 Å². The number of halogens is 4. The zero-order chi connectivity index (χ0) is 28.4. The molecular formula is C28H28ClF3N6O2. The third kappa shape index (κ3) is 6.14. The number of nitrogens with zero attached hydrogens (tertiary/aromatic N) is 5. The molecule has 8 nitrogen and oxygen atoms in total. The minimum Gasteiger partial charge on any atom is -0.354 e. The minimum atomic E-state index is -4.50. The number of aromatic nitrogens is 3. The van der Waals surface area contributed by atoms with E-state index < -0.39 is 11.7 Å². The Hall–Kier alpha value is -3.86. The average Bonchev–Trinajstić information content (AvgIpc) is 3.16. The number of rotatable bonds is 5. The van der Waals surface area contributed by atoms with Crippen LogP contribution in [0.3, 0.4) is 0 Å². The summed E-state index contributed by atoms with van der Waals surface area (Å²) >= 11 is 6.05. The first-order chi connectivity index (χ1) is 19.1. The largest absolute Gasteiger partial charge is 0.416 e. The molecule has 2 amide bonds. The number of fused-ring (bicyclic) bond motifs is 1. The third-order valence-corrected chi connectivity index (χ3v) is 6.81. The number of anilines is 2. The van der Waals surface area contributed by atoms with Gasteiger partial charge in [-0.3, -0.25) is 0 Å². The van der Waals surface area contributed by atoms with Gasteiger partial charge in [0.2, 0.25) is 0 Å². The van der Waals surface area contributed by atoms with E-state index in [1.807, 2.05) is 18.7 Å². The quantitative estimate of drug-likeness (QED) is 0.280. The number of amides is 2. The summed E-state index contributed by atoms with van der Waals surface area (Å²) in [6, 6.07) is 11.7. The van der Waals surface area contributed by atoms with Crippen LogP contribution in [0.25, 0.3) is 22.4 Å². The molecule has 0 bridgehead atoms. The van der Waals surface area contributed by atoms with Crippen LogP contribution in [0.15, 0.2) is 53.1 Å². The Labute approximate surface area is 234 Å². The molecule has 210 valence electrons. The van der Waals surface area contributed by atoms with Crippen molar-refractivity contribution >= 4 is 40.2 Å². The summed E-state index contributed by atoms with van der Waals surface area (Å²) in [5.74, 6) is 1.36. The van der Waals surface area contributed by atoms with Crippen molar-refractivity contribution in [2.24, 2.45) is 5.92 Å². The van der Waals surface area contributed by atoms with E-state index >= 15 is 0 Å². The molecule has 3 heterocycles. The lowest BCUT2D eigenvalue weighted by Gasteiger charge is -2.24. The van der Waals surface area contributed by atoms with Gasteiger partial charge in [0, 0.05) is 48.9 Å². The van der Waals surface area contributed by atoms with E-state index in [0.717, 1.165) is 12.1 Å². The zero-order valence-electron chi connectivity index (χ0n) is 22.0. The lowest BCUT2D eigenvalue weighted by Crippen LogP contribution is -2.38. The van der Waals surface area contributed by atoms with Crippen LogP contribution in [0.5, 0.6) is 0 Å². The summed E-state index contributed by atoms with van der Waals surface area (Å²) in [5.41, 5.74) is 0.535. The zero-order valence-corrected chi connectivity index (χ0v) is 22.8. The molecule has 2 aromatic carbocycles. The Morgan fingerprint density at radius 3 is 2.62 bits per heavy atom. The Bertz CT molecular complexity index is 1520. The van der Waals surface area contributed by atoms with Gasteiger partial charge >= 0.3 is 12.2 Å². The van der Waals surface area contributed by atoms with E-state index in [4.69, 9.17) is 21.1 Å². The Morgan fingerprint density at radius 1 is 1.07 bits per heavy atom. The van der Waals surface area contributed by atoms with Crippen molar-refractivity contribution in [3.8, 4) is 11.3 Å². The minimum absolute atomic E-state index is 0.216. The van der Waals surface area contributed by atoms with E-state index in [9.17, 15) is 18.0 Å². The van der Waals surface area contributed by atoms with Crippen LogP contribution in [-0.2, 0) is 12.6 Å². The summed E-state index contributed by atoms with van der Waals surface area (Å²) in [7, 11) is 0. The van der Waals surface area contributed by atoms with Gasteiger partial charge in [0.1, 0.15) is 22.7 Å². The molecule has 12 heteroatoms. The van der Waals surface area contributed by atoms with Crippen LogP contribution in [-0.4, -0.2) is 52.2 Å². The fraction of sp³-hybridized carbons (Fsp3) is 0.357. The average molecular weight is 573 g/mol. The summed E-state index contributed by atoms with van der Waals surface area (Å²) in [6.45, 7) is 6.03. The second kappa shape index (κ2) is 11.3. The summed E-state index contributed by atoms with van der Waals surface area (Å²) in [4.78, 5) is 26.1. The lowest BCUT2D eigenvalue weighted by molar-refractivity contribution is -0.137. The van der Waals surface area contributed by atoms with Crippen LogP contribution in [0.1, 0.15) is 31.7 Å².